The summed E-state index contributed by atoms with van der Waals surface area (Å²) < 4.78 is 11.8. The lowest BCUT2D eigenvalue weighted by atomic mass is 9.90. The zero-order valence-electron chi connectivity index (χ0n) is 21.7. The summed E-state index contributed by atoms with van der Waals surface area (Å²) in [4.78, 5) is 45.1. The molecular weight excluding hydrogens is 502 g/mol. The summed E-state index contributed by atoms with van der Waals surface area (Å²) in [6.07, 6.45) is 0.844. The number of nitro groups is 1. The van der Waals surface area contributed by atoms with E-state index in [1.807, 2.05) is 55.5 Å². The van der Waals surface area contributed by atoms with Crippen molar-refractivity contribution in [2.45, 2.75) is 38.8 Å². The van der Waals surface area contributed by atoms with Gasteiger partial charge in [-0.15, -0.1) is 0 Å². The standard InChI is InChI=1S/C29H29N3O7/c1-3-5-17-38-23-16-11-19(18-24(23)37-4-2)26-25-27(39-31(26)21-9-7-6-8-10-21)29(34)30(28(25)33)20-12-14-22(15-13-20)32(35)36/h6-16,18,25-27H,3-5,17H2,1-2H3. The highest BCUT2D eigenvalue weighted by Gasteiger charge is 2.60. The zero-order chi connectivity index (χ0) is 27.5. The molecule has 0 spiro atoms. The summed E-state index contributed by atoms with van der Waals surface area (Å²) in [6.45, 7) is 4.95. The molecule has 2 heterocycles. The van der Waals surface area contributed by atoms with Gasteiger partial charge in [0.15, 0.2) is 17.6 Å². The molecule has 10 nitrogen and oxygen atoms in total. The SMILES string of the molecule is CCCCOc1ccc(C2C3C(=O)N(c4ccc([N+](=O)[O-])cc4)C(=O)C3ON2c2ccccc2)cc1OCC. The normalized spacial score (nSPS) is 20.3. The zero-order valence-corrected chi connectivity index (χ0v) is 21.7. The minimum atomic E-state index is -1.06. The molecule has 3 aromatic carbocycles. The second-order valence-electron chi connectivity index (χ2n) is 9.28. The maximum Gasteiger partial charge on any atom is 0.269 e. The van der Waals surface area contributed by atoms with Crippen LogP contribution in [0.2, 0.25) is 0 Å². The topological polar surface area (TPSA) is 111 Å². The molecule has 2 fully saturated rings. The van der Waals surface area contributed by atoms with E-state index in [4.69, 9.17) is 14.3 Å². The van der Waals surface area contributed by atoms with Gasteiger partial charge in [0.05, 0.1) is 35.6 Å². The average molecular weight is 532 g/mol. The summed E-state index contributed by atoms with van der Waals surface area (Å²) in [6, 6.07) is 19.5. The Labute approximate surface area is 225 Å². The molecule has 0 aromatic heterocycles. The smallest absolute Gasteiger partial charge is 0.269 e. The van der Waals surface area contributed by atoms with E-state index in [1.54, 1.807) is 5.06 Å². The van der Waals surface area contributed by atoms with Crippen molar-refractivity contribution in [3.05, 3.63) is 88.5 Å². The number of ether oxygens (including phenoxy) is 2. The number of amides is 2. The van der Waals surface area contributed by atoms with Gasteiger partial charge < -0.3 is 9.47 Å². The van der Waals surface area contributed by atoms with Gasteiger partial charge in [-0.05, 0) is 55.3 Å². The largest absolute Gasteiger partial charge is 0.490 e. The predicted octanol–water partition coefficient (Wildman–Crippen LogP) is 5.22. The van der Waals surface area contributed by atoms with Crippen molar-refractivity contribution in [1.29, 1.82) is 0 Å². The van der Waals surface area contributed by atoms with Crippen LogP contribution in [0.4, 0.5) is 17.1 Å². The molecule has 3 unspecified atom stereocenters. The number of rotatable bonds is 10. The van der Waals surface area contributed by atoms with Crippen LogP contribution in [0.3, 0.4) is 0 Å². The fourth-order valence-electron chi connectivity index (χ4n) is 4.95. The highest BCUT2D eigenvalue weighted by atomic mass is 16.7. The second kappa shape index (κ2) is 11.1. The van der Waals surface area contributed by atoms with Gasteiger partial charge in [0, 0.05) is 12.1 Å². The van der Waals surface area contributed by atoms with Crippen LogP contribution in [-0.4, -0.2) is 36.1 Å². The molecule has 2 saturated heterocycles. The van der Waals surface area contributed by atoms with Crippen molar-refractivity contribution in [2.24, 2.45) is 5.92 Å². The summed E-state index contributed by atoms with van der Waals surface area (Å²) in [5.41, 5.74) is 1.55. The number of carbonyl (C=O) groups excluding carboxylic acids is 2. The highest BCUT2D eigenvalue weighted by Crippen LogP contribution is 2.48. The van der Waals surface area contributed by atoms with Gasteiger partial charge in [0.25, 0.3) is 11.6 Å². The monoisotopic (exact) mass is 531 g/mol. The summed E-state index contributed by atoms with van der Waals surface area (Å²) in [7, 11) is 0. The molecule has 39 heavy (non-hydrogen) atoms. The van der Waals surface area contributed by atoms with E-state index in [0.29, 0.717) is 30.4 Å². The number of hydrogen-bond donors (Lipinski definition) is 0. The molecular formula is C29H29N3O7. The number of imide groups is 1. The van der Waals surface area contributed by atoms with Crippen molar-refractivity contribution in [2.75, 3.05) is 23.2 Å². The number of fused-ring (bicyclic) bond motifs is 1. The number of hydrogen-bond acceptors (Lipinski definition) is 8. The summed E-state index contributed by atoms with van der Waals surface area (Å²) >= 11 is 0. The highest BCUT2D eigenvalue weighted by molar-refractivity contribution is 6.24. The Morgan fingerprint density at radius 2 is 1.64 bits per heavy atom. The molecule has 2 aliphatic heterocycles. The molecule has 2 aliphatic rings. The Kier molecular flexibility index (Phi) is 7.47. The first-order valence-corrected chi connectivity index (χ1v) is 13.0. The van der Waals surface area contributed by atoms with E-state index in [0.717, 1.165) is 23.3 Å². The molecule has 5 rings (SSSR count). The van der Waals surface area contributed by atoms with Gasteiger partial charge in [-0.1, -0.05) is 37.6 Å². The number of anilines is 2. The van der Waals surface area contributed by atoms with E-state index >= 15 is 0 Å². The van der Waals surface area contributed by atoms with Crippen LogP contribution in [0.1, 0.15) is 38.3 Å². The van der Waals surface area contributed by atoms with E-state index in [9.17, 15) is 19.7 Å². The number of benzene rings is 3. The minimum absolute atomic E-state index is 0.132. The quantitative estimate of drug-likeness (QED) is 0.151. The van der Waals surface area contributed by atoms with E-state index in [2.05, 4.69) is 6.92 Å². The van der Waals surface area contributed by atoms with Crippen molar-refractivity contribution in [3.63, 3.8) is 0 Å². The Balaban J connectivity index is 1.53. The summed E-state index contributed by atoms with van der Waals surface area (Å²) in [5.74, 6) is -0.659. The molecule has 0 bridgehead atoms. The molecule has 0 radical (unpaired) electrons. The van der Waals surface area contributed by atoms with Gasteiger partial charge >= 0.3 is 0 Å². The minimum Gasteiger partial charge on any atom is -0.490 e. The Hall–Kier alpha value is -4.44. The van der Waals surface area contributed by atoms with Gasteiger partial charge in [-0.2, -0.15) is 0 Å². The fourth-order valence-corrected chi connectivity index (χ4v) is 4.95. The van der Waals surface area contributed by atoms with Crippen LogP contribution in [0.5, 0.6) is 11.5 Å². The first-order chi connectivity index (χ1) is 18.9. The number of unbranched alkanes of at least 4 members (excludes halogenated alkanes) is 1. The lowest BCUT2D eigenvalue weighted by Crippen LogP contribution is -2.37. The van der Waals surface area contributed by atoms with E-state index in [-0.39, 0.29) is 11.4 Å². The molecule has 0 N–H and O–H groups in total. The Morgan fingerprint density at radius 3 is 2.31 bits per heavy atom. The lowest BCUT2D eigenvalue weighted by Gasteiger charge is -2.29. The molecule has 3 aromatic rings. The first-order valence-electron chi connectivity index (χ1n) is 13.0. The molecule has 0 saturated carbocycles. The van der Waals surface area contributed by atoms with Crippen LogP contribution in [0.25, 0.3) is 0 Å². The van der Waals surface area contributed by atoms with E-state index in [1.165, 1.54) is 24.3 Å². The molecule has 202 valence electrons. The van der Waals surface area contributed by atoms with Crippen LogP contribution < -0.4 is 19.4 Å². The Bertz CT molecular complexity index is 1360. The van der Waals surface area contributed by atoms with Crippen molar-refractivity contribution in [3.8, 4) is 11.5 Å². The fraction of sp³-hybridized carbons (Fsp3) is 0.310. The van der Waals surface area contributed by atoms with Crippen LogP contribution >= 0.6 is 0 Å². The van der Waals surface area contributed by atoms with Crippen molar-refractivity contribution < 1.29 is 28.8 Å². The van der Waals surface area contributed by atoms with Gasteiger partial charge in [0.1, 0.15) is 5.92 Å². The van der Waals surface area contributed by atoms with Crippen molar-refractivity contribution in [1.82, 2.24) is 0 Å². The predicted molar refractivity (Wildman–Crippen MR) is 144 cm³/mol. The number of carbonyl (C=O) groups is 2. The van der Waals surface area contributed by atoms with Crippen LogP contribution in [0, 0.1) is 16.0 Å². The first kappa shape index (κ1) is 26.2. The van der Waals surface area contributed by atoms with Gasteiger partial charge in [-0.3, -0.25) is 24.5 Å². The van der Waals surface area contributed by atoms with Crippen LogP contribution in [-0.2, 0) is 14.4 Å². The third kappa shape index (κ3) is 4.90. The third-order valence-corrected chi connectivity index (χ3v) is 6.81. The van der Waals surface area contributed by atoms with Crippen LogP contribution in [0.15, 0.2) is 72.8 Å². The average Bonchev–Trinajstić information content (AvgIpc) is 3.46. The number of non-ortho nitro benzene ring substituents is 1. The Morgan fingerprint density at radius 1 is 0.897 bits per heavy atom. The second-order valence-corrected chi connectivity index (χ2v) is 9.28. The molecule has 10 heteroatoms. The number of hydroxylamine groups is 1. The third-order valence-electron chi connectivity index (χ3n) is 6.81. The maximum atomic E-state index is 13.8. The van der Waals surface area contributed by atoms with Gasteiger partial charge in [-0.25, -0.2) is 9.96 Å². The molecule has 0 aliphatic carbocycles. The maximum absolute atomic E-state index is 13.8. The summed E-state index contributed by atoms with van der Waals surface area (Å²) in [5, 5.41) is 12.7. The number of nitrogens with zero attached hydrogens (tertiary/aromatic N) is 3. The lowest BCUT2D eigenvalue weighted by molar-refractivity contribution is -0.384. The molecule has 2 amide bonds. The van der Waals surface area contributed by atoms with Crippen molar-refractivity contribution >= 4 is 28.9 Å². The van der Waals surface area contributed by atoms with Gasteiger partial charge in [0.2, 0.25) is 5.91 Å². The molecule has 3 atom stereocenters. The number of para-hydroxylation sites is 1. The van der Waals surface area contributed by atoms with E-state index < -0.39 is 34.8 Å². The number of nitro benzene ring substituents is 1.